The maximum atomic E-state index is 12.5. The van der Waals surface area contributed by atoms with Gasteiger partial charge in [-0.05, 0) is 42.9 Å². The van der Waals surface area contributed by atoms with E-state index in [2.05, 4.69) is 11.1 Å². The van der Waals surface area contributed by atoms with Gasteiger partial charge in [0.05, 0.1) is 6.42 Å². The van der Waals surface area contributed by atoms with Crippen LogP contribution in [0.15, 0.2) is 54.7 Å². The van der Waals surface area contributed by atoms with E-state index in [1.54, 1.807) is 0 Å². The van der Waals surface area contributed by atoms with Gasteiger partial charge in [-0.3, -0.25) is 9.78 Å². The molecule has 1 aliphatic rings. The van der Waals surface area contributed by atoms with Crippen molar-refractivity contribution in [3.8, 4) is 0 Å². The van der Waals surface area contributed by atoms with Crippen LogP contribution in [0.5, 0.6) is 0 Å². The summed E-state index contributed by atoms with van der Waals surface area (Å²) < 4.78 is 0. The van der Waals surface area contributed by atoms with Gasteiger partial charge in [-0.15, -0.1) is 0 Å². The van der Waals surface area contributed by atoms with Crippen molar-refractivity contribution in [2.45, 2.75) is 25.7 Å². The number of carbonyl (C=O) groups is 1. The molecule has 1 fully saturated rings. The summed E-state index contributed by atoms with van der Waals surface area (Å²) in [5.74, 6) is 0.778. The normalized spacial score (nSPS) is 18.2. The fraction of sp³-hybridized carbons (Fsp3) is 0.368. The Morgan fingerprint density at radius 2 is 1.95 bits per heavy atom. The Balaban J connectivity index is 1.57. The van der Waals surface area contributed by atoms with Crippen LogP contribution >= 0.6 is 0 Å². The molecular weight excluding hydrogens is 272 g/mol. The van der Waals surface area contributed by atoms with Gasteiger partial charge < -0.3 is 4.90 Å². The number of rotatable bonds is 4. The molecule has 22 heavy (non-hydrogen) atoms. The highest BCUT2D eigenvalue weighted by atomic mass is 16.2. The predicted octanol–water partition coefficient (Wildman–Crippen LogP) is 3.11. The molecule has 3 heteroatoms. The molecular formula is C19H22N2O. The molecule has 2 aromatic rings. The smallest absolute Gasteiger partial charge is 0.226 e. The molecule has 1 amide bonds. The third-order valence-electron chi connectivity index (χ3n) is 4.29. The second-order valence-corrected chi connectivity index (χ2v) is 6.04. The Hall–Kier alpha value is -2.16. The predicted molar refractivity (Wildman–Crippen MR) is 87.4 cm³/mol. The van der Waals surface area contributed by atoms with Crippen LogP contribution in [0, 0.1) is 5.92 Å². The van der Waals surface area contributed by atoms with Crippen LogP contribution < -0.4 is 0 Å². The molecule has 2 heterocycles. The first-order chi connectivity index (χ1) is 10.8. The summed E-state index contributed by atoms with van der Waals surface area (Å²) in [5.41, 5.74) is 2.23. The van der Waals surface area contributed by atoms with Gasteiger partial charge in [0.25, 0.3) is 0 Å². The average molecular weight is 294 g/mol. The Labute approximate surface area is 132 Å². The van der Waals surface area contributed by atoms with E-state index in [1.165, 1.54) is 6.42 Å². The molecule has 114 valence electrons. The number of aromatic nitrogens is 1. The van der Waals surface area contributed by atoms with Crippen molar-refractivity contribution in [2.24, 2.45) is 5.92 Å². The topological polar surface area (TPSA) is 33.2 Å². The molecule has 0 aliphatic carbocycles. The maximum Gasteiger partial charge on any atom is 0.226 e. The van der Waals surface area contributed by atoms with Gasteiger partial charge in [0.1, 0.15) is 0 Å². The van der Waals surface area contributed by atoms with Crippen molar-refractivity contribution >= 4 is 5.91 Å². The van der Waals surface area contributed by atoms with E-state index in [0.29, 0.717) is 12.3 Å². The quantitative estimate of drug-likeness (QED) is 0.868. The van der Waals surface area contributed by atoms with Crippen LogP contribution in [-0.4, -0.2) is 28.9 Å². The number of nitrogens with zero attached hydrogens (tertiary/aromatic N) is 2. The molecule has 0 bridgehead atoms. The fourth-order valence-electron chi connectivity index (χ4n) is 3.16. The summed E-state index contributed by atoms with van der Waals surface area (Å²) in [7, 11) is 0. The van der Waals surface area contributed by atoms with E-state index in [4.69, 9.17) is 0 Å². The first-order valence-electron chi connectivity index (χ1n) is 8.03. The monoisotopic (exact) mass is 294 g/mol. The summed E-state index contributed by atoms with van der Waals surface area (Å²) in [4.78, 5) is 18.9. The second kappa shape index (κ2) is 7.21. The molecule has 0 N–H and O–H groups in total. The number of hydrogen-bond acceptors (Lipinski definition) is 2. The summed E-state index contributed by atoms with van der Waals surface area (Å²) in [6, 6.07) is 16.1. The fourth-order valence-corrected chi connectivity index (χ4v) is 3.16. The molecule has 0 spiro atoms. The molecule has 3 rings (SSSR count). The SMILES string of the molecule is O=C(Cc1ccccc1)N1CCC[C@H](Cc2ccccn2)C1. The first kappa shape index (κ1) is 14.8. The molecule has 1 aliphatic heterocycles. The van der Waals surface area contributed by atoms with Gasteiger partial charge in [-0.2, -0.15) is 0 Å². The van der Waals surface area contributed by atoms with Crippen molar-refractivity contribution in [1.82, 2.24) is 9.88 Å². The zero-order valence-electron chi connectivity index (χ0n) is 12.8. The van der Waals surface area contributed by atoms with Crippen LogP contribution in [0.4, 0.5) is 0 Å². The summed E-state index contributed by atoms with van der Waals surface area (Å²) in [6.45, 7) is 1.76. The first-order valence-corrected chi connectivity index (χ1v) is 8.03. The van der Waals surface area contributed by atoms with Gasteiger partial charge in [0, 0.05) is 25.0 Å². The number of likely N-dealkylation sites (tertiary alicyclic amines) is 1. The summed E-state index contributed by atoms with van der Waals surface area (Å²) >= 11 is 0. The van der Waals surface area contributed by atoms with Gasteiger partial charge in [-0.25, -0.2) is 0 Å². The van der Waals surface area contributed by atoms with Crippen molar-refractivity contribution in [3.05, 3.63) is 66.0 Å². The van der Waals surface area contributed by atoms with Crippen LogP contribution in [0.25, 0.3) is 0 Å². The Morgan fingerprint density at radius 1 is 1.14 bits per heavy atom. The minimum atomic E-state index is 0.247. The Kier molecular flexibility index (Phi) is 4.84. The molecule has 3 nitrogen and oxygen atoms in total. The molecule has 0 saturated carbocycles. The van der Waals surface area contributed by atoms with Crippen LogP contribution in [0.2, 0.25) is 0 Å². The molecule has 1 aromatic carbocycles. The minimum Gasteiger partial charge on any atom is -0.342 e. The lowest BCUT2D eigenvalue weighted by Crippen LogP contribution is -2.41. The average Bonchev–Trinajstić information content (AvgIpc) is 2.57. The van der Waals surface area contributed by atoms with E-state index in [1.807, 2.05) is 53.6 Å². The summed E-state index contributed by atoms with van der Waals surface area (Å²) in [5, 5.41) is 0. The third kappa shape index (κ3) is 3.94. The number of pyridine rings is 1. The van der Waals surface area contributed by atoms with E-state index >= 15 is 0 Å². The highest BCUT2D eigenvalue weighted by Crippen LogP contribution is 2.20. The van der Waals surface area contributed by atoms with E-state index in [-0.39, 0.29) is 5.91 Å². The molecule has 1 atom stereocenters. The van der Waals surface area contributed by atoms with Crippen molar-refractivity contribution in [3.63, 3.8) is 0 Å². The lowest BCUT2D eigenvalue weighted by Gasteiger charge is -2.33. The number of amides is 1. The zero-order valence-corrected chi connectivity index (χ0v) is 12.8. The minimum absolute atomic E-state index is 0.247. The number of benzene rings is 1. The lowest BCUT2D eigenvalue weighted by atomic mass is 9.93. The molecule has 0 unspecified atom stereocenters. The Morgan fingerprint density at radius 3 is 2.73 bits per heavy atom. The van der Waals surface area contributed by atoms with Crippen molar-refractivity contribution in [1.29, 1.82) is 0 Å². The standard InChI is InChI=1S/C19H22N2O/c22-19(14-16-7-2-1-3-8-16)21-12-6-9-17(15-21)13-18-10-4-5-11-20-18/h1-5,7-8,10-11,17H,6,9,12-15H2/t17-/m1/s1. The number of hydrogen-bond donors (Lipinski definition) is 0. The van der Waals surface area contributed by atoms with Crippen molar-refractivity contribution < 1.29 is 4.79 Å². The van der Waals surface area contributed by atoms with Gasteiger partial charge in [0.2, 0.25) is 5.91 Å². The summed E-state index contributed by atoms with van der Waals surface area (Å²) in [6.07, 6.45) is 5.60. The highest BCUT2D eigenvalue weighted by Gasteiger charge is 2.24. The van der Waals surface area contributed by atoms with Gasteiger partial charge >= 0.3 is 0 Å². The molecule has 1 aromatic heterocycles. The van der Waals surface area contributed by atoms with Crippen LogP contribution in [0.1, 0.15) is 24.1 Å². The molecule has 0 radical (unpaired) electrons. The number of piperidine rings is 1. The lowest BCUT2D eigenvalue weighted by molar-refractivity contribution is -0.132. The van der Waals surface area contributed by atoms with Crippen molar-refractivity contribution in [2.75, 3.05) is 13.1 Å². The maximum absolute atomic E-state index is 12.5. The van der Waals surface area contributed by atoms with E-state index in [0.717, 1.165) is 37.2 Å². The zero-order chi connectivity index (χ0) is 15.2. The van der Waals surface area contributed by atoms with Crippen LogP contribution in [-0.2, 0) is 17.6 Å². The van der Waals surface area contributed by atoms with E-state index in [9.17, 15) is 4.79 Å². The highest BCUT2D eigenvalue weighted by molar-refractivity contribution is 5.78. The van der Waals surface area contributed by atoms with Gasteiger partial charge in [-0.1, -0.05) is 36.4 Å². The molecule has 1 saturated heterocycles. The Bertz CT molecular complexity index is 597. The van der Waals surface area contributed by atoms with Crippen LogP contribution in [0.3, 0.4) is 0 Å². The largest absolute Gasteiger partial charge is 0.342 e. The second-order valence-electron chi connectivity index (χ2n) is 6.04. The number of carbonyl (C=O) groups excluding carboxylic acids is 1. The third-order valence-corrected chi connectivity index (χ3v) is 4.29. The van der Waals surface area contributed by atoms with E-state index < -0.39 is 0 Å². The van der Waals surface area contributed by atoms with Gasteiger partial charge in [0.15, 0.2) is 0 Å².